The molecule has 0 aliphatic heterocycles. The van der Waals surface area contributed by atoms with E-state index in [0.29, 0.717) is 0 Å². The Morgan fingerprint density at radius 1 is 1.53 bits per heavy atom. The van der Waals surface area contributed by atoms with E-state index in [-0.39, 0.29) is 6.10 Å². The van der Waals surface area contributed by atoms with Crippen molar-refractivity contribution in [2.75, 3.05) is 6.54 Å². The van der Waals surface area contributed by atoms with E-state index in [1.54, 1.807) is 0 Å². The normalized spacial score (nSPS) is 12.7. The van der Waals surface area contributed by atoms with Gasteiger partial charge in [-0.2, -0.15) is 0 Å². The van der Waals surface area contributed by atoms with E-state index in [2.05, 4.69) is 23.3 Å². The molecule has 1 aromatic heterocycles. The van der Waals surface area contributed by atoms with Crippen molar-refractivity contribution in [2.24, 2.45) is 0 Å². The molecule has 0 aliphatic rings. The maximum Gasteiger partial charge on any atom is 0.0570 e. The van der Waals surface area contributed by atoms with Gasteiger partial charge in [-0.05, 0) is 44.9 Å². The Balaban J connectivity index is 2.18. The van der Waals surface area contributed by atoms with Crippen LogP contribution < -0.4 is 5.32 Å². The third-order valence-electron chi connectivity index (χ3n) is 2.39. The van der Waals surface area contributed by atoms with Gasteiger partial charge >= 0.3 is 0 Å². The van der Waals surface area contributed by atoms with E-state index < -0.39 is 0 Å². The maximum atomic E-state index is 9.07. The summed E-state index contributed by atoms with van der Waals surface area (Å²) in [7, 11) is 0. The molecule has 0 amide bonds. The van der Waals surface area contributed by atoms with E-state index in [9.17, 15) is 0 Å². The largest absolute Gasteiger partial charge is 0.393 e. The van der Waals surface area contributed by atoms with Crippen LogP contribution in [0.3, 0.4) is 0 Å². The number of pyridine rings is 1. The standard InChI is InChI=1S/C12H20N2O/c1-10-5-3-8-14-12(10)9-13-7-4-6-11(2)15/h3,5,8,11,13,15H,4,6-7,9H2,1-2H3. The number of hydrogen-bond donors (Lipinski definition) is 2. The summed E-state index contributed by atoms with van der Waals surface area (Å²) >= 11 is 0. The van der Waals surface area contributed by atoms with Gasteiger partial charge < -0.3 is 10.4 Å². The van der Waals surface area contributed by atoms with Gasteiger partial charge in [0.25, 0.3) is 0 Å². The van der Waals surface area contributed by atoms with Crippen molar-refractivity contribution in [3.8, 4) is 0 Å². The van der Waals surface area contributed by atoms with E-state index >= 15 is 0 Å². The maximum absolute atomic E-state index is 9.07. The molecule has 15 heavy (non-hydrogen) atoms. The first kappa shape index (κ1) is 12.1. The minimum atomic E-state index is -0.191. The fourth-order valence-electron chi connectivity index (χ4n) is 1.43. The van der Waals surface area contributed by atoms with Gasteiger partial charge in [0.15, 0.2) is 0 Å². The molecule has 0 radical (unpaired) electrons. The van der Waals surface area contributed by atoms with E-state index in [4.69, 9.17) is 5.11 Å². The fraction of sp³-hybridized carbons (Fsp3) is 0.583. The highest BCUT2D eigenvalue weighted by atomic mass is 16.3. The Morgan fingerprint density at radius 2 is 2.33 bits per heavy atom. The lowest BCUT2D eigenvalue weighted by molar-refractivity contribution is 0.181. The second-order valence-corrected chi connectivity index (χ2v) is 3.94. The molecule has 1 aromatic rings. The van der Waals surface area contributed by atoms with Crippen LogP contribution in [-0.2, 0) is 6.54 Å². The number of aryl methyl sites for hydroxylation is 1. The molecule has 3 heteroatoms. The van der Waals surface area contributed by atoms with Crippen molar-refractivity contribution in [3.63, 3.8) is 0 Å². The Bertz CT molecular complexity index is 287. The molecule has 0 saturated heterocycles. The third-order valence-corrected chi connectivity index (χ3v) is 2.39. The monoisotopic (exact) mass is 208 g/mol. The molecule has 1 rings (SSSR count). The number of aliphatic hydroxyl groups excluding tert-OH is 1. The number of nitrogens with one attached hydrogen (secondary N) is 1. The highest BCUT2D eigenvalue weighted by Gasteiger charge is 1.98. The second kappa shape index (κ2) is 6.53. The van der Waals surface area contributed by atoms with Crippen LogP contribution in [0.5, 0.6) is 0 Å². The van der Waals surface area contributed by atoms with Gasteiger partial charge in [-0.1, -0.05) is 6.07 Å². The molecule has 1 unspecified atom stereocenters. The lowest BCUT2D eigenvalue weighted by Crippen LogP contribution is -2.17. The quantitative estimate of drug-likeness (QED) is 0.699. The zero-order valence-corrected chi connectivity index (χ0v) is 9.53. The SMILES string of the molecule is Cc1cccnc1CNCCCC(C)O. The molecule has 0 saturated carbocycles. The van der Waals surface area contributed by atoms with Crippen LogP contribution in [0.25, 0.3) is 0 Å². The van der Waals surface area contributed by atoms with Crippen molar-refractivity contribution in [1.82, 2.24) is 10.3 Å². The smallest absolute Gasteiger partial charge is 0.0570 e. The summed E-state index contributed by atoms with van der Waals surface area (Å²) in [5.41, 5.74) is 2.33. The van der Waals surface area contributed by atoms with Crippen LogP contribution in [0.2, 0.25) is 0 Å². The van der Waals surface area contributed by atoms with E-state index in [0.717, 1.165) is 31.6 Å². The Morgan fingerprint density at radius 3 is 3.00 bits per heavy atom. The van der Waals surface area contributed by atoms with E-state index in [1.807, 2.05) is 19.2 Å². The number of nitrogens with zero attached hydrogens (tertiary/aromatic N) is 1. The third kappa shape index (κ3) is 4.91. The van der Waals surface area contributed by atoms with Crippen LogP contribution in [-0.4, -0.2) is 22.7 Å². The molecule has 1 atom stereocenters. The predicted octanol–water partition coefficient (Wildman–Crippen LogP) is 1.64. The van der Waals surface area contributed by atoms with Gasteiger partial charge in [0.2, 0.25) is 0 Å². The Hall–Kier alpha value is -0.930. The average Bonchev–Trinajstić information content (AvgIpc) is 2.20. The molecule has 0 aliphatic carbocycles. The van der Waals surface area contributed by atoms with Gasteiger partial charge in [-0.3, -0.25) is 4.98 Å². The molecular formula is C12H20N2O. The zero-order valence-electron chi connectivity index (χ0n) is 9.53. The van der Waals surface area contributed by atoms with Gasteiger partial charge in [-0.25, -0.2) is 0 Å². The average molecular weight is 208 g/mol. The van der Waals surface area contributed by atoms with Crippen LogP contribution >= 0.6 is 0 Å². The molecule has 1 heterocycles. The van der Waals surface area contributed by atoms with Crippen molar-refractivity contribution in [3.05, 3.63) is 29.6 Å². The van der Waals surface area contributed by atoms with Crippen molar-refractivity contribution < 1.29 is 5.11 Å². The van der Waals surface area contributed by atoms with Gasteiger partial charge in [0, 0.05) is 12.7 Å². The molecule has 0 fully saturated rings. The number of aromatic nitrogens is 1. The van der Waals surface area contributed by atoms with Crippen molar-refractivity contribution >= 4 is 0 Å². The first-order valence-electron chi connectivity index (χ1n) is 5.49. The minimum Gasteiger partial charge on any atom is -0.393 e. The van der Waals surface area contributed by atoms with Crippen molar-refractivity contribution in [1.29, 1.82) is 0 Å². The fourth-order valence-corrected chi connectivity index (χ4v) is 1.43. The van der Waals surface area contributed by atoms with Crippen LogP contribution in [0.1, 0.15) is 31.0 Å². The topological polar surface area (TPSA) is 45.2 Å². The minimum absolute atomic E-state index is 0.191. The number of hydrogen-bond acceptors (Lipinski definition) is 3. The predicted molar refractivity (Wildman–Crippen MR) is 61.6 cm³/mol. The lowest BCUT2D eigenvalue weighted by Gasteiger charge is -2.07. The molecular weight excluding hydrogens is 188 g/mol. The van der Waals surface area contributed by atoms with E-state index in [1.165, 1.54) is 5.56 Å². The molecule has 2 N–H and O–H groups in total. The zero-order chi connectivity index (χ0) is 11.1. The summed E-state index contributed by atoms with van der Waals surface area (Å²) in [5, 5.41) is 12.4. The molecule has 0 aromatic carbocycles. The highest BCUT2D eigenvalue weighted by molar-refractivity contribution is 5.17. The summed E-state index contributed by atoms with van der Waals surface area (Å²) < 4.78 is 0. The summed E-state index contributed by atoms with van der Waals surface area (Å²) in [4.78, 5) is 4.30. The van der Waals surface area contributed by atoms with Crippen LogP contribution in [0.15, 0.2) is 18.3 Å². The molecule has 0 spiro atoms. The Kier molecular flexibility index (Phi) is 5.29. The molecule has 3 nitrogen and oxygen atoms in total. The van der Waals surface area contributed by atoms with Gasteiger partial charge in [-0.15, -0.1) is 0 Å². The van der Waals surface area contributed by atoms with Gasteiger partial charge in [0.05, 0.1) is 11.8 Å². The number of rotatable bonds is 6. The second-order valence-electron chi connectivity index (χ2n) is 3.94. The highest BCUT2D eigenvalue weighted by Crippen LogP contribution is 2.02. The first-order valence-corrected chi connectivity index (χ1v) is 5.49. The number of aliphatic hydroxyl groups is 1. The first-order chi connectivity index (χ1) is 7.20. The summed E-state index contributed by atoms with van der Waals surface area (Å²) in [6.07, 6.45) is 3.49. The lowest BCUT2D eigenvalue weighted by atomic mass is 10.2. The summed E-state index contributed by atoms with van der Waals surface area (Å²) in [5.74, 6) is 0. The van der Waals surface area contributed by atoms with Gasteiger partial charge in [0.1, 0.15) is 0 Å². The van der Waals surface area contributed by atoms with Crippen LogP contribution in [0.4, 0.5) is 0 Å². The van der Waals surface area contributed by atoms with Crippen molar-refractivity contribution in [2.45, 2.75) is 39.3 Å². The molecule has 0 bridgehead atoms. The van der Waals surface area contributed by atoms with Crippen LogP contribution in [0, 0.1) is 6.92 Å². The summed E-state index contributed by atoms with van der Waals surface area (Å²) in [6, 6.07) is 4.02. The summed E-state index contributed by atoms with van der Waals surface area (Å²) in [6.45, 7) is 5.64. The molecule has 84 valence electrons. The Labute approximate surface area is 91.5 Å².